The Kier molecular flexibility index (Phi) is 8.52. The summed E-state index contributed by atoms with van der Waals surface area (Å²) in [5.74, 6) is 0.307. The van der Waals surface area contributed by atoms with E-state index < -0.39 is 5.53 Å². The lowest BCUT2D eigenvalue weighted by atomic mass is 10.5. The van der Waals surface area contributed by atoms with Crippen LogP contribution in [0.4, 0.5) is 0 Å². The van der Waals surface area contributed by atoms with Crippen LogP contribution in [0.15, 0.2) is 0 Å². The van der Waals surface area contributed by atoms with E-state index in [1.165, 1.54) is 0 Å². The van der Waals surface area contributed by atoms with Gasteiger partial charge in [-0.05, 0) is 29.4 Å². The maximum Gasteiger partial charge on any atom is 0.184 e. The highest BCUT2D eigenvalue weighted by Crippen LogP contribution is 2.39. The van der Waals surface area contributed by atoms with Crippen LogP contribution in [0.2, 0.25) is 0 Å². The fraction of sp³-hybridized carbons (Fsp3) is 1.00. The van der Waals surface area contributed by atoms with E-state index in [1.807, 2.05) is 13.8 Å². The van der Waals surface area contributed by atoms with Crippen LogP contribution >= 0.6 is 8.58 Å². The molecular weight excluding hydrogens is 225 g/mol. The van der Waals surface area contributed by atoms with Crippen LogP contribution in [0.3, 0.4) is 0 Å². The summed E-state index contributed by atoms with van der Waals surface area (Å²) in [6.07, 6.45) is 0.906. The highest BCUT2D eigenvalue weighted by molar-refractivity contribution is 7.40. The van der Waals surface area contributed by atoms with E-state index in [9.17, 15) is 0 Å². The summed E-state index contributed by atoms with van der Waals surface area (Å²) >= 11 is 0. The Morgan fingerprint density at radius 1 is 1.19 bits per heavy atom. The van der Waals surface area contributed by atoms with Crippen molar-refractivity contribution in [1.82, 2.24) is 5.32 Å². The molecule has 0 aliphatic carbocycles. The monoisotopic (exact) mass is 251 g/mol. The Labute approximate surface area is 101 Å². The number of rotatable bonds is 9. The first-order valence-corrected chi connectivity index (χ1v) is 6.86. The molecule has 0 spiro atoms. The number of methoxy groups -OCH3 is 2. The van der Waals surface area contributed by atoms with Crippen molar-refractivity contribution in [3.8, 4) is 0 Å². The molecule has 98 valence electrons. The topological polar surface area (TPSA) is 39.7 Å². The lowest BCUT2D eigenvalue weighted by molar-refractivity contribution is -0.139. The molecule has 4 nitrogen and oxygen atoms in total. The Hall–Kier alpha value is 0.270. The van der Waals surface area contributed by atoms with Crippen molar-refractivity contribution in [2.75, 3.05) is 20.8 Å². The Morgan fingerprint density at radius 3 is 2.12 bits per heavy atom. The Morgan fingerprint density at radius 2 is 1.75 bits per heavy atom. The molecule has 5 heteroatoms. The molecule has 0 amide bonds. The van der Waals surface area contributed by atoms with Gasteiger partial charge in [0, 0.05) is 33.0 Å². The van der Waals surface area contributed by atoms with E-state index in [4.69, 9.17) is 14.2 Å². The smallest absolute Gasteiger partial charge is 0.184 e. The van der Waals surface area contributed by atoms with E-state index in [0.717, 1.165) is 13.0 Å². The van der Waals surface area contributed by atoms with Crippen LogP contribution in [0.25, 0.3) is 0 Å². The fourth-order valence-electron chi connectivity index (χ4n) is 1.61. The predicted molar refractivity (Wildman–Crippen MR) is 69.0 cm³/mol. The number of ether oxygens (including phenoxy) is 3. The minimum absolute atomic E-state index is 0.0655. The molecule has 0 saturated heterocycles. The Balaban J connectivity index is 4.14. The van der Waals surface area contributed by atoms with Gasteiger partial charge in [0.15, 0.2) is 5.53 Å². The maximum atomic E-state index is 5.46. The average Bonchev–Trinajstić information content (AvgIpc) is 2.26. The minimum atomic E-state index is -0.460. The van der Waals surface area contributed by atoms with Crippen molar-refractivity contribution in [2.45, 2.75) is 51.7 Å². The summed E-state index contributed by atoms with van der Waals surface area (Å²) in [6, 6.07) is 0. The molecule has 16 heavy (non-hydrogen) atoms. The van der Waals surface area contributed by atoms with Gasteiger partial charge in [0.2, 0.25) is 0 Å². The molecule has 1 N–H and O–H groups in total. The molecule has 0 rings (SSSR count). The first kappa shape index (κ1) is 16.3. The van der Waals surface area contributed by atoms with Crippen molar-refractivity contribution in [2.24, 2.45) is 0 Å². The molecule has 0 aromatic carbocycles. The molecule has 0 aliphatic rings. The van der Waals surface area contributed by atoms with E-state index in [0.29, 0.717) is 14.4 Å². The fourth-order valence-corrected chi connectivity index (χ4v) is 3.03. The molecule has 0 radical (unpaired) electrons. The zero-order valence-corrected chi connectivity index (χ0v) is 12.3. The third-order valence-electron chi connectivity index (χ3n) is 2.46. The summed E-state index contributed by atoms with van der Waals surface area (Å²) in [7, 11) is 3.92. The lowest BCUT2D eigenvalue weighted by Gasteiger charge is -2.33. The average molecular weight is 251 g/mol. The van der Waals surface area contributed by atoms with Gasteiger partial charge in [0.05, 0.1) is 0 Å². The summed E-state index contributed by atoms with van der Waals surface area (Å²) in [4.78, 5) is 0. The molecule has 0 bridgehead atoms. The molecule has 0 aliphatic heterocycles. The van der Waals surface area contributed by atoms with Crippen LogP contribution in [-0.4, -0.2) is 38.4 Å². The maximum absolute atomic E-state index is 5.46. The van der Waals surface area contributed by atoms with Gasteiger partial charge < -0.3 is 14.2 Å². The first-order chi connectivity index (χ1) is 7.53. The SMILES string of the molecule is CCOC(C)NC(C)PC(CC)(OC)OC. The number of hydrogen-bond acceptors (Lipinski definition) is 4. The van der Waals surface area contributed by atoms with Crippen molar-refractivity contribution >= 4 is 8.58 Å². The molecule has 0 saturated carbocycles. The van der Waals surface area contributed by atoms with Gasteiger partial charge in [0.25, 0.3) is 0 Å². The standard InChI is InChI=1S/C11H26NO3P/c1-7-11(13-5,14-6)16-10(4)12-9(3)15-8-2/h9-10,12,16H,7-8H2,1-6H3. The second kappa shape index (κ2) is 8.37. The molecule has 3 unspecified atom stereocenters. The van der Waals surface area contributed by atoms with Crippen molar-refractivity contribution < 1.29 is 14.2 Å². The molecule has 3 atom stereocenters. The highest BCUT2D eigenvalue weighted by atomic mass is 31.1. The predicted octanol–water partition coefficient (Wildman–Crippen LogP) is 2.34. The van der Waals surface area contributed by atoms with Crippen LogP contribution in [-0.2, 0) is 14.2 Å². The summed E-state index contributed by atoms with van der Waals surface area (Å²) in [5.41, 5.74) is -0.460. The second-order valence-electron chi connectivity index (χ2n) is 3.64. The van der Waals surface area contributed by atoms with Crippen molar-refractivity contribution in [3.63, 3.8) is 0 Å². The molecule has 0 aromatic heterocycles. The van der Waals surface area contributed by atoms with Gasteiger partial charge in [-0.25, -0.2) is 0 Å². The first-order valence-electron chi connectivity index (χ1n) is 5.79. The zero-order chi connectivity index (χ0) is 12.6. The third kappa shape index (κ3) is 5.55. The van der Waals surface area contributed by atoms with Gasteiger partial charge in [-0.2, -0.15) is 0 Å². The summed E-state index contributed by atoms with van der Waals surface area (Å²) in [5, 5.41) is 3.37. The zero-order valence-electron chi connectivity index (χ0n) is 11.3. The molecule has 0 heterocycles. The molecular formula is C11H26NO3P. The molecule has 0 aromatic rings. The highest BCUT2D eigenvalue weighted by Gasteiger charge is 2.29. The van der Waals surface area contributed by atoms with Gasteiger partial charge in [0.1, 0.15) is 6.23 Å². The van der Waals surface area contributed by atoms with Crippen LogP contribution in [0, 0.1) is 0 Å². The van der Waals surface area contributed by atoms with Crippen molar-refractivity contribution in [1.29, 1.82) is 0 Å². The summed E-state index contributed by atoms with van der Waals surface area (Å²) < 4.78 is 16.4. The van der Waals surface area contributed by atoms with Crippen LogP contribution in [0.1, 0.15) is 34.1 Å². The minimum Gasteiger partial charge on any atom is -0.364 e. The van der Waals surface area contributed by atoms with Crippen LogP contribution < -0.4 is 5.32 Å². The van der Waals surface area contributed by atoms with Gasteiger partial charge in [-0.15, -0.1) is 0 Å². The number of hydrogen-bond donors (Lipinski definition) is 1. The van der Waals surface area contributed by atoms with Gasteiger partial charge in [-0.3, -0.25) is 5.32 Å². The largest absolute Gasteiger partial charge is 0.364 e. The van der Waals surface area contributed by atoms with E-state index in [-0.39, 0.29) is 6.23 Å². The van der Waals surface area contributed by atoms with Crippen molar-refractivity contribution in [3.05, 3.63) is 0 Å². The number of nitrogens with one attached hydrogen (secondary N) is 1. The van der Waals surface area contributed by atoms with E-state index in [2.05, 4.69) is 19.2 Å². The van der Waals surface area contributed by atoms with Crippen LogP contribution in [0.5, 0.6) is 0 Å². The van der Waals surface area contributed by atoms with E-state index in [1.54, 1.807) is 14.2 Å². The lowest BCUT2D eigenvalue weighted by Crippen LogP contribution is -2.38. The van der Waals surface area contributed by atoms with Gasteiger partial charge >= 0.3 is 0 Å². The van der Waals surface area contributed by atoms with Gasteiger partial charge in [-0.1, -0.05) is 6.92 Å². The summed E-state index contributed by atoms with van der Waals surface area (Å²) in [6.45, 7) is 8.91. The van der Waals surface area contributed by atoms with E-state index >= 15 is 0 Å². The second-order valence-corrected chi connectivity index (χ2v) is 5.56. The third-order valence-corrected chi connectivity index (χ3v) is 4.26. The normalized spacial score (nSPS) is 16.9. The molecule has 0 fully saturated rings. The Bertz CT molecular complexity index is 168. The quantitative estimate of drug-likeness (QED) is 0.504.